The topological polar surface area (TPSA) is 36.0 Å². The van der Waals surface area contributed by atoms with Gasteiger partial charge in [-0.1, -0.05) is 39.0 Å². The Labute approximate surface area is 144 Å². The average molecular weight is 323 g/mol. The van der Waals surface area contributed by atoms with Crippen molar-refractivity contribution in [2.75, 3.05) is 0 Å². The summed E-state index contributed by atoms with van der Waals surface area (Å²) in [7, 11) is 0. The summed E-state index contributed by atoms with van der Waals surface area (Å²) in [5.74, 6) is 1.82. The number of H-pyrrole nitrogens is 1. The van der Waals surface area contributed by atoms with Gasteiger partial charge in [0.25, 0.3) is 0 Å². The lowest BCUT2D eigenvalue weighted by molar-refractivity contribution is -0.113. The molecule has 2 saturated carbocycles. The molecule has 1 heterocycles. The van der Waals surface area contributed by atoms with E-state index in [4.69, 9.17) is 0 Å². The predicted octanol–water partition coefficient (Wildman–Crippen LogP) is 4.81. The number of nitrogens with one attached hydrogen (secondary N) is 1. The van der Waals surface area contributed by atoms with Crippen LogP contribution >= 0.6 is 0 Å². The highest BCUT2D eigenvalue weighted by atomic mass is 16.3. The largest absolute Gasteiger partial charge is 0.393 e. The van der Waals surface area contributed by atoms with Gasteiger partial charge < -0.3 is 10.1 Å². The second-order valence-electron chi connectivity index (χ2n) is 9.19. The van der Waals surface area contributed by atoms with Gasteiger partial charge >= 0.3 is 0 Å². The second-order valence-corrected chi connectivity index (χ2v) is 9.19. The highest BCUT2D eigenvalue weighted by molar-refractivity contribution is 5.86. The van der Waals surface area contributed by atoms with Gasteiger partial charge in [0.15, 0.2) is 0 Å². The molecule has 2 fully saturated rings. The van der Waals surface area contributed by atoms with Crippen molar-refractivity contribution in [2.24, 2.45) is 23.2 Å². The van der Waals surface area contributed by atoms with E-state index in [1.54, 1.807) is 5.56 Å². The summed E-state index contributed by atoms with van der Waals surface area (Å²) < 4.78 is 0. The molecule has 1 aromatic carbocycles. The summed E-state index contributed by atoms with van der Waals surface area (Å²) in [6, 6.07) is 8.82. The van der Waals surface area contributed by atoms with Gasteiger partial charge in [-0.15, -0.1) is 0 Å². The van der Waals surface area contributed by atoms with Gasteiger partial charge in [0.1, 0.15) is 0 Å². The van der Waals surface area contributed by atoms with E-state index in [0.29, 0.717) is 17.3 Å². The van der Waals surface area contributed by atoms with E-state index in [2.05, 4.69) is 50.0 Å². The molecule has 1 aromatic heterocycles. The molecule has 0 bridgehead atoms. The van der Waals surface area contributed by atoms with Crippen LogP contribution < -0.4 is 0 Å². The predicted molar refractivity (Wildman–Crippen MR) is 98.1 cm³/mol. The molecule has 6 atom stereocenters. The van der Waals surface area contributed by atoms with Crippen molar-refractivity contribution in [3.63, 3.8) is 0 Å². The molecular formula is C22H29NO. The first kappa shape index (κ1) is 15.0. The standard InChI is InChI=1S/C22H29NO/c1-13-17-9-8-14-12-16-15-6-4-5-7-18(15)23-20(16)22(14,3)21(17,2)11-10-19(13)24/h4-7,13-14,17,19,23-24H,8-12H2,1-3H3/t13-,14?,17?,19?,21+,22-/m1/s1. The van der Waals surface area contributed by atoms with Crippen molar-refractivity contribution in [3.8, 4) is 0 Å². The molecule has 128 valence electrons. The number of rotatable bonds is 0. The van der Waals surface area contributed by atoms with Crippen molar-refractivity contribution >= 4 is 10.9 Å². The monoisotopic (exact) mass is 323 g/mol. The molecule has 2 N–H and O–H groups in total. The van der Waals surface area contributed by atoms with E-state index in [-0.39, 0.29) is 11.5 Å². The molecule has 0 saturated heterocycles. The molecule has 0 radical (unpaired) electrons. The third kappa shape index (κ3) is 1.57. The van der Waals surface area contributed by atoms with Crippen LogP contribution in [0.5, 0.6) is 0 Å². The maximum Gasteiger partial charge on any atom is 0.0568 e. The Morgan fingerprint density at radius 2 is 1.92 bits per heavy atom. The summed E-state index contributed by atoms with van der Waals surface area (Å²) in [6.07, 6.45) is 5.85. The fourth-order valence-corrected chi connectivity index (χ4v) is 7.00. The van der Waals surface area contributed by atoms with E-state index in [0.717, 1.165) is 18.8 Å². The summed E-state index contributed by atoms with van der Waals surface area (Å²) >= 11 is 0. The molecule has 3 unspecified atom stereocenters. The number of aliphatic hydroxyl groups excluding tert-OH is 1. The lowest BCUT2D eigenvalue weighted by atomic mass is 9.44. The summed E-state index contributed by atoms with van der Waals surface area (Å²) in [5.41, 5.74) is 4.92. The number of hydrogen-bond acceptors (Lipinski definition) is 1. The fourth-order valence-electron chi connectivity index (χ4n) is 7.00. The van der Waals surface area contributed by atoms with Crippen molar-refractivity contribution < 1.29 is 5.11 Å². The molecule has 0 amide bonds. The van der Waals surface area contributed by atoms with Crippen LogP contribution in [0.4, 0.5) is 0 Å². The molecule has 2 aromatic rings. The molecular weight excluding hydrogens is 294 g/mol. The van der Waals surface area contributed by atoms with Crippen molar-refractivity contribution in [1.29, 1.82) is 0 Å². The number of aromatic amines is 1. The Bertz CT molecular complexity index is 807. The third-order valence-corrected chi connectivity index (χ3v) is 8.63. The van der Waals surface area contributed by atoms with Crippen LogP contribution in [0.25, 0.3) is 10.9 Å². The number of fused-ring (bicyclic) bond motifs is 7. The van der Waals surface area contributed by atoms with E-state index in [1.807, 2.05) is 0 Å². The lowest BCUT2D eigenvalue weighted by Gasteiger charge is -2.61. The van der Waals surface area contributed by atoms with Crippen LogP contribution in [0.2, 0.25) is 0 Å². The number of aliphatic hydroxyl groups is 1. The van der Waals surface area contributed by atoms with Crippen molar-refractivity contribution in [1.82, 2.24) is 4.98 Å². The zero-order valence-corrected chi connectivity index (χ0v) is 15.1. The van der Waals surface area contributed by atoms with Crippen LogP contribution in [0.3, 0.4) is 0 Å². The quantitative estimate of drug-likeness (QED) is 0.717. The van der Waals surface area contributed by atoms with Gasteiger partial charge in [0.05, 0.1) is 6.10 Å². The lowest BCUT2D eigenvalue weighted by Crippen LogP contribution is -2.58. The Kier molecular flexibility index (Phi) is 2.92. The average Bonchev–Trinajstić information content (AvgIpc) is 3.08. The van der Waals surface area contributed by atoms with Gasteiger partial charge in [0.2, 0.25) is 0 Å². The zero-order chi connectivity index (χ0) is 16.7. The van der Waals surface area contributed by atoms with E-state index >= 15 is 0 Å². The molecule has 0 aliphatic heterocycles. The first-order chi connectivity index (χ1) is 11.5. The minimum Gasteiger partial charge on any atom is -0.393 e. The molecule has 24 heavy (non-hydrogen) atoms. The number of benzene rings is 1. The van der Waals surface area contributed by atoms with Crippen LogP contribution in [0.15, 0.2) is 24.3 Å². The highest BCUT2D eigenvalue weighted by Gasteiger charge is 2.63. The normalized spacial score (nSPS) is 44.2. The SMILES string of the molecule is C[C@H]1C(O)CC[C@@]2(C)C1CCC1Cc3c([nH]c4ccccc34)[C@@]12C. The van der Waals surface area contributed by atoms with Crippen LogP contribution in [0, 0.1) is 23.2 Å². The zero-order valence-electron chi connectivity index (χ0n) is 15.1. The van der Waals surface area contributed by atoms with Crippen molar-refractivity contribution in [2.45, 2.75) is 64.4 Å². The molecule has 0 spiro atoms. The third-order valence-electron chi connectivity index (χ3n) is 8.63. The molecule has 3 aliphatic carbocycles. The molecule has 2 heteroatoms. The first-order valence-corrected chi connectivity index (χ1v) is 9.75. The number of aromatic nitrogens is 1. The molecule has 5 rings (SSSR count). The summed E-state index contributed by atoms with van der Waals surface area (Å²) in [5, 5.41) is 11.9. The number of hydrogen-bond donors (Lipinski definition) is 2. The van der Waals surface area contributed by atoms with Gasteiger partial charge in [-0.05, 0) is 66.9 Å². The van der Waals surface area contributed by atoms with Gasteiger partial charge in [-0.3, -0.25) is 0 Å². The van der Waals surface area contributed by atoms with E-state index in [9.17, 15) is 5.11 Å². The second kappa shape index (κ2) is 4.66. The Morgan fingerprint density at radius 1 is 1.12 bits per heavy atom. The molecule has 2 nitrogen and oxygen atoms in total. The Hall–Kier alpha value is -1.28. The van der Waals surface area contributed by atoms with Crippen LogP contribution in [0.1, 0.15) is 57.7 Å². The summed E-state index contributed by atoms with van der Waals surface area (Å²) in [4.78, 5) is 3.84. The van der Waals surface area contributed by atoms with Crippen molar-refractivity contribution in [3.05, 3.63) is 35.5 Å². The maximum atomic E-state index is 10.5. The van der Waals surface area contributed by atoms with E-state index < -0.39 is 0 Å². The van der Waals surface area contributed by atoms with E-state index in [1.165, 1.54) is 35.9 Å². The van der Waals surface area contributed by atoms with Gasteiger partial charge in [-0.2, -0.15) is 0 Å². The maximum absolute atomic E-state index is 10.5. The number of para-hydroxylation sites is 1. The van der Waals surface area contributed by atoms with Gasteiger partial charge in [-0.25, -0.2) is 0 Å². The first-order valence-electron chi connectivity index (χ1n) is 9.75. The molecule has 3 aliphatic rings. The minimum atomic E-state index is -0.105. The van der Waals surface area contributed by atoms with Crippen LogP contribution in [-0.2, 0) is 11.8 Å². The van der Waals surface area contributed by atoms with Crippen LogP contribution in [-0.4, -0.2) is 16.2 Å². The summed E-state index contributed by atoms with van der Waals surface area (Å²) in [6.45, 7) is 7.36. The Morgan fingerprint density at radius 3 is 2.75 bits per heavy atom. The Balaban J connectivity index is 1.71. The minimum absolute atomic E-state index is 0.105. The van der Waals surface area contributed by atoms with Gasteiger partial charge in [0, 0.05) is 22.0 Å². The smallest absolute Gasteiger partial charge is 0.0568 e. The highest BCUT2D eigenvalue weighted by Crippen LogP contribution is 2.67. The fraction of sp³-hybridized carbons (Fsp3) is 0.636.